The highest BCUT2D eigenvalue weighted by atomic mass is 19.4. The molecule has 0 atom stereocenters. The molecule has 0 spiro atoms. The molecule has 0 saturated heterocycles. The quantitative estimate of drug-likeness (QED) is 0.897. The molecule has 1 N–H and O–H groups in total. The van der Waals surface area contributed by atoms with E-state index in [1.54, 1.807) is 25.4 Å². The maximum absolute atomic E-state index is 12.6. The van der Waals surface area contributed by atoms with Crippen molar-refractivity contribution in [1.29, 1.82) is 0 Å². The largest absolute Gasteiger partial charge is 0.435 e. The van der Waals surface area contributed by atoms with Gasteiger partial charge in [-0.15, -0.1) is 0 Å². The van der Waals surface area contributed by atoms with Gasteiger partial charge in [0.2, 0.25) is 0 Å². The number of alkyl halides is 3. The fourth-order valence-electron chi connectivity index (χ4n) is 1.67. The molecule has 0 aromatic carbocycles. The van der Waals surface area contributed by atoms with E-state index in [-0.39, 0.29) is 0 Å². The first-order chi connectivity index (χ1) is 8.43. The summed E-state index contributed by atoms with van der Waals surface area (Å²) in [7, 11) is 3.13. The average molecular weight is 256 g/mol. The van der Waals surface area contributed by atoms with Gasteiger partial charge in [-0.2, -0.15) is 18.3 Å². The molecule has 2 aromatic rings. The van der Waals surface area contributed by atoms with Gasteiger partial charge in [0.15, 0.2) is 5.69 Å². The van der Waals surface area contributed by atoms with Crippen molar-refractivity contribution >= 4 is 5.82 Å². The summed E-state index contributed by atoms with van der Waals surface area (Å²) in [6, 6.07) is 4.37. The summed E-state index contributed by atoms with van der Waals surface area (Å²) in [6.45, 7) is 0. The number of anilines is 1. The molecule has 18 heavy (non-hydrogen) atoms. The number of rotatable bonds is 2. The van der Waals surface area contributed by atoms with Crippen molar-refractivity contribution in [3.63, 3.8) is 0 Å². The summed E-state index contributed by atoms with van der Waals surface area (Å²) < 4.78 is 38.9. The average Bonchev–Trinajstić information content (AvgIpc) is 2.71. The molecule has 0 fully saturated rings. The van der Waals surface area contributed by atoms with Crippen LogP contribution in [0.4, 0.5) is 19.0 Å². The highest BCUT2D eigenvalue weighted by molar-refractivity contribution is 5.72. The van der Waals surface area contributed by atoms with Crippen LogP contribution >= 0.6 is 0 Å². The highest BCUT2D eigenvalue weighted by Gasteiger charge is 2.34. The molecule has 96 valence electrons. The number of nitrogens with zero attached hydrogens (tertiary/aromatic N) is 3. The third-order valence-electron chi connectivity index (χ3n) is 2.49. The predicted molar refractivity (Wildman–Crippen MR) is 61.0 cm³/mol. The smallest absolute Gasteiger partial charge is 0.373 e. The Morgan fingerprint density at radius 1 is 1.33 bits per heavy atom. The van der Waals surface area contributed by atoms with Crippen molar-refractivity contribution in [3.8, 4) is 11.3 Å². The Balaban J connectivity index is 2.55. The zero-order chi connectivity index (χ0) is 13.3. The Morgan fingerprint density at radius 2 is 2.06 bits per heavy atom. The standard InChI is InChI=1S/C11H11F3N4/c1-15-10-7(4-3-5-16-10)8-6-9(11(12,13)14)17-18(8)2/h3-6H,1-2H3,(H,15,16). The first-order valence-electron chi connectivity index (χ1n) is 5.18. The molecule has 2 heterocycles. The Morgan fingerprint density at radius 3 is 2.61 bits per heavy atom. The minimum absolute atomic E-state index is 0.361. The number of aryl methyl sites for hydroxylation is 1. The molecular formula is C11H11F3N4. The van der Waals surface area contributed by atoms with Gasteiger partial charge >= 0.3 is 6.18 Å². The van der Waals surface area contributed by atoms with Gasteiger partial charge in [0.1, 0.15) is 5.82 Å². The van der Waals surface area contributed by atoms with Gasteiger partial charge in [0.25, 0.3) is 0 Å². The van der Waals surface area contributed by atoms with Crippen LogP contribution in [-0.4, -0.2) is 21.8 Å². The predicted octanol–water partition coefficient (Wildman–Crippen LogP) is 2.54. The molecule has 0 aliphatic rings. The molecule has 2 aromatic heterocycles. The van der Waals surface area contributed by atoms with Gasteiger partial charge in [-0.05, 0) is 18.2 Å². The van der Waals surface area contributed by atoms with E-state index in [0.717, 1.165) is 6.07 Å². The number of nitrogens with one attached hydrogen (secondary N) is 1. The van der Waals surface area contributed by atoms with E-state index in [4.69, 9.17) is 0 Å². The van der Waals surface area contributed by atoms with Crippen LogP contribution in [0.5, 0.6) is 0 Å². The van der Waals surface area contributed by atoms with Gasteiger partial charge < -0.3 is 5.32 Å². The zero-order valence-corrected chi connectivity index (χ0v) is 9.78. The lowest BCUT2D eigenvalue weighted by Gasteiger charge is -2.07. The van der Waals surface area contributed by atoms with E-state index < -0.39 is 11.9 Å². The molecular weight excluding hydrogens is 245 g/mol. The van der Waals surface area contributed by atoms with Crippen molar-refractivity contribution in [2.75, 3.05) is 12.4 Å². The number of aromatic nitrogens is 3. The van der Waals surface area contributed by atoms with Crippen molar-refractivity contribution in [2.45, 2.75) is 6.18 Å². The summed E-state index contributed by atoms with van der Waals surface area (Å²) in [6.07, 6.45) is -2.88. The first-order valence-corrected chi connectivity index (χ1v) is 5.18. The van der Waals surface area contributed by atoms with E-state index in [2.05, 4.69) is 15.4 Å². The van der Waals surface area contributed by atoms with Crippen LogP contribution in [-0.2, 0) is 13.2 Å². The van der Waals surface area contributed by atoms with Crippen LogP contribution in [0.3, 0.4) is 0 Å². The van der Waals surface area contributed by atoms with E-state index in [1.165, 1.54) is 11.7 Å². The Bertz CT molecular complexity index is 560. The molecule has 0 saturated carbocycles. The summed E-state index contributed by atoms with van der Waals surface area (Å²) in [5, 5.41) is 6.31. The first kappa shape index (κ1) is 12.4. The van der Waals surface area contributed by atoms with Gasteiger partial charge in [0.05, 0.1) is 5.69 Å². The number of hydrogen-bond acceptors (Lipinski definition) is 3. The van der Waals surface area contributed by atoms with E-state index >= 15 is 0 Å². The fraction of sp³-hybridized carbons (Fsp3) is 0.273. The van der Waals surface area contributed by atoms with Gasteiger partial charge in [0, 0.05) is 25.9 Å². The molecule has 0 aliphatic carbocycles. The monoisotopic (exact) mass is 256 g/mol. The second kappa shape index (κ2) is 4.32. The summed E-state index contributed by atoms with van der Waals surface area (Å²) >= 11 is 0. The Labute approximate surface area is 101 Å². The number of halogens is 3. The number of pyridine rings is 1. The van der Waals surface area contributed by atoms with E-state index in [0.29, 0.717) is 17.1 Å². The minimum Gasteiger partial charge on any atom is -0.373 e. The van der Waals surface area contributed by atoms with E-state index in [1.807, 2.05) is 0 Å². The van der Waals surface area contributed by atoms with Crippen LogP contribution in [0.25, 0.3) is 11.3 Å². The Kier molecular flexibility index (Phi) is 2.98. The topological polar surface area (TPSA) is 42.7 Å². The van der Waals surface area contributed by atoms with Crippen molar-refractivity contribution in [2.24, 2.45) is 7.05 Å². The number of hydrogen-bond donors (Lipinski definition) is 1. The zero-order valence-electron chi connectivity index (χ0n) is 9.78. The lowest BCUT2D eigenvalue weighted by molar-refractivity contribution is -0.141. The fourth-order valence-corrected chi connectivity index (χ4v) is 1.67. The normalized spacial score (nSPS) is 11.6. The van der Waals surface area contributed by atoms with Crippen molar-refractivity contribution in [3.05, 3.63) is 30.1 Å². The highest BCUT2D eigenvalue weighted by Crippen LogP contribution is 2.33. The van der Waals surface area contributed by atoms with Crippen LogP contribution in [0.2, 0.25) is 0 Å². The third-order valence-corrected chi connectivity index (χ3v) is 2.49. The molecule has 2 rings (SSSR count). The van der Waals surface area contributed by atoms with Crippen LogP contribution in [0, 0.1) is 0 Å². The minimum atomic E-state index is -4.45. The molecule has 0 unspecified atom stereocenters. The van der Waals surface area contributed by atoms with Crippen LogP contribution in [0.15, 0.2) is 24.4 Å². The molecule has 0 aliphatic heterocycles. The van der Waals surface area contributed by atoms with Crippen LogP contribution in [0.1, 0.15) is 5.69 Å². The van der Waals surface area contributed by atoms with Crippen LogP contribution < -0.4 is 5.32 Å². The summed E-state index contributed by atoms with van der Waals surface area (Å²) in [4.78, 5) is 4.05. The van der Waals surface area contributed by atoms with Gasteiger partial charge in [-0.25, -0.2) is 4.98 Å². The Hall–Kier alpha value is -2.05. The van der Waals surface area contributed by atoms with E-state index in [9.17, 15) is 13.2 Å². The second-order valence-electron chi connectivity index (χ2n) is 3.69. The third kappa shape index (κ3) is 2.15. The lowest BCUT2D eigenvalue weighted by Crippen LogP contribution is -2.06. The second-order valence-corrected chi connectivity index (χ2v) is 3.69. The lowest BCUT2D eigenvalue weighted by atomic mass is 10.1. The van der Waals surface area contributed by atoms with Crippen molar-refractivity contribution in [1.82, 2.24) is 14.8 Å². The molecule has 7 heteroatoms. The van der Waals surface area contributed by atoms with Crippen molar-refractivity contribution < 1.29 is 13.2 Å². The molecule has 4 nitrogen and oxygen atoms in total. The molecule has 0 amide bonds. The summed E-state index contributed by atoms with van der Waals surface area (Å²) in [5.41, 5.74) is 0.0242. The molecule has 0 bridgehead atoms. The van der Waals surface area contributed by atoms with Gasteiger partial charge in [-0.1, -0.05) is 0 Å². The maximum Gasteiger partial charge on any atom is 0.435 e. The SMILES string of the molecule is CNc1ncccc1-c1cc(C(F)(F)F)nn1C. The van der Waals surface area contributed by atoms with Gasteiger partial charge in [-0.3, -0.25) is 4.68 Å². The molecule has 0 radical (unpaired) electrons. The maximum atomic E-state index is 12.6. The summed E-state index contributed by atoms with van der Waals surface area (Å²) in [5.74, 6) is 0.509.